The van der Waals surface area contributed by atoms with Crippen LogP contribution >= 0.6 is 0 Å². The number of fused-ring (bicyclic) bond motifs is 1. The van der Waals surface area contributed by atoms with Crippen LogP contribution < -0.4 is 0 Å². The average Bonchev–Trinajstić information content (AvgIpc) is 3.18. The van der Waals surface area contributed by atoms with E-state index < -0.39 is 72.4 Å². The monoisotopic (exact) mass is 450 g/mol. The summed E-state index contributed by atoms with van der Waals surface area (Å²) >= 11 is 0. The molecule has 0 bridgehead atoms. The van der Waals surface area contributed by atoms with Crippen molar-refractivity contribution in [2.75, 3.05) is 0 Å². The van der Waals surface area contributed by atoms with Gasteiger partial charge in [-0.05, 0) is 25.0 Å². The van der Waals surface area contributed by atoms with Gasteiger partial charge in [-0.1, -0.05) is 18.2 Å². The molecule has 0 saturated heterocycles. The fourth-order valence-electron chi connectivity index (χ4n) is 4.15. The van der Waals surface area contributed by atoms with E-state index in [9.17, 15) is 35.5 Å². The minimum atomic E-state index is -5.11. The number of ether oxygens (including phenoxy) is 1. The number of nitrogens with zero attached hydrogens (tertiary/aromatic N) is 2. The van der Waals surface area contributed by atoms with Gasteiger partial charge in [-0.3, -0.25) is 4.68 Å². The largest absolute Gasteiger partial charge is 0.447 e. The van der Waals surface area contributed by atoms with Gasteiger partial charge in [0.25, 0.3) is 5.92 Å². The van der Waals surface area contributed by atoms with Gasteiger partial charge < -0.3 is 4.74 Å². The number of alkyl halides is 7. The highest BCUT2D eigenvalue weighted by Gasteiger charge is 2.58. The summed E-state index contributed by atoms with van der Waals surface area (Å²) in [5.41, 5.74) is -3.12. The van der Waals surface area contributed by atoms with Crippen LogP contribution in [0.4, 0.5) is 30.7 Å². The maximum atomic E-state index is 14.7. The van der Waals surface area contributed by atoms with Gasteiger partial charge in [0.15, 0.2) is 11.8 Å². The molecule has 0 aliphatic heterocycles. The summed E-state index contributed by atoms with van der Waals surface area (Å²) in [5.74, 6) is -5.03. The average molecular weight is 450 g/mol. The van der Waals surface area contributed by atoms with E-state index in [0.717, 1.165) is 4.68 Å². The lowest BCUT2D eigenvalue weighted by molar-refractivity contribution is -0.147. The zero-order chi connectivity index (χ0) is 22.6. The summed E-state index contributed by atoms with van der Waals surface area (Å²) in [4.78, 5) is 12.3. The lowest BCUT2D eigenvalue weighted by Crippen LogP contribution is -2.32. The van der Waals surface area contributed by atoms with Crippen molar-refractivity contribution in [3.05, 3.63) is 52.8 Å². The van der Waals surface area contributed by atoms with Crippen molar-refractivity contribution in [1.82, 2.24) is 9.78 Å². The van der Waals surface area contributed by atoms with E-state index in [0.29, 0.717) is 0 Å². The molecule has 1 saturated carbocycles. The van der Waals surface area contributed by atoms with Crippen LogP contribution in [0.2, 0.25) is 0 Å². The fraction of sp³-hybridized carbons (Fsp3) is 0.500. The number of aromatic nitrogens is 2. The van der Waals surface area contributed by atoms with E-state index in [2.05, 4.69) is 5.10 Å². The van der Waals surface area contributed by atoms with Crippen LogP contribution in [-0.2, 0) is 17.3 Å². The molecule has 1 aromatic carbocycles. The van der Waals surface area contributed by atoms with Crippen molar-refractivity contribution >= 4 is 5.97 Å². The normalized spacial score (nSPS) is 27.7. The number of carbonyl (C=O) groups excluding carboxylic acids is 1. The topological polar surface area (TPSA) is 44.1 Å². The number of hydrogen-bond donors (Lipinski definition) is 0. The van der Waals surface area contributed by atoms with Crippen LogP contribution in [0.1, 0.15) is 58.7 Å². The molecule has 0 spiro atoms. The standard InChI is InChI=1S/C20H17F7N2O2/c21-12-7-6-11(8-13(12)22)29-14-9-19(23,24)17(15(14)16(28-29)20(25,26)27)31-18(30)10-4-2-1-3-5-10/h1-5,11-13,17H,6-9H2/t11?,12?,13?,17-/m0/s1. The van der Waals surface area contributed by atoms with Gasteiger partial charge in [0.2, 0.25) is 0 Å². The molecule has 3 unspecified atom stereocenters. The van der Waals surface area contributed by atoms with Crippen LogP contribution in [0.3, 0.4) is 0 Å². The summed E-state index contributed by atoms with van der Waals surface area (Å²) < 4.78 is 103. The molecule has 1 heterocycles. The smallest absolute Gasteiger partial charge is 0.435 e. The van der Waals surface area contributed by atoms with E-state index >= 15 is 0 Å². The Labute approximate surface area is 172 Å². The van der Waals surface area contributed by atoms with E-state index in [1.807, 2.05) is 0 Å². The number of benzene rings is 1. The van der Waals surface area contributed by atoms with Crippen molar-refractivity contribution < 1.29 is 40.3 Å². The summed E-state index contributed by atoms with van der Waals surface area (Å²) in [6.07, 6.45) is -13.3. The SMILES string of the molecule is O=C(O[C@H]1c2c(C(F)(F)F)nn(C3CCC(F)C(F)C3)c2CC1(F)F)c1ccccc1. The predicted molar refractivity (Wildman–Crippen MR) is 93.2 cm³/mol. The van der Waals surface area contributed by atoms with Gasteiger partial charge in [0.1, 0.15) is 12.3 Å². The quantitative estimate of drug-likeness (QED) is 0.465. The maximum absolute atomic E-state index is 14.7. The Morgan fingerprint density at radius 2 is 1.77 bits per heavy atom. The van der Waals surface area contributed by atoms with E-state index in [1.165, 1.54) is 24.3 Å². The summed E-state index contributed by atoms with van der Waals surface area (Å²) in [6.45, 7) is 0. The fourth-order valence-corrected chi connectivity index (χ4v) is 4.15. The zero-order valence-corrected chi connectivity index (χ0v) is 15.9. The molecular formula is C20H17F7N2O2. The molecule has 168 valence electrons. The van der Waals surface area contributed by atoms with Gasteiger partial charge in [0, 0.05) is 6.42 Å². The van der Waals surface area contributed by atoms with Crippen molar-refractivity contribution in [2.24, 2.45) is 0 Å². The molecule has 4 atom stereocenters. The molecule has 2 aliphatic carbocycles. The lowest BCUT2D eigenvalue weighted by Gasteiger charge is -2.28. The van der Waals surface area contributed by atoms with Gasteiger partial charge in [0.05, 0.1) is 29.3 Å². The van der Waals surface area contributed by atoms with Crippen LogP contribution in [0.15, 0.2) is 30.3 Å². The highest BCUT2D eigenvalue weighted by atomic mass is 19.4. The van der Waals surface area contributed by atoms with Crippen molar-refractivity contribution in [3.63, 3.8) is 0 Å². The second kappa shape index (κ2) is 7.52. The third-order valence-corrected chi connectivity index (χ3v) is 5.61. The summed E-state index contributed by atoms with van der Waals surface area (Å²) in [7, 11) is 0. The minimum Gasteiger partial charge on any atom is -0.447 e. The molecule has 4 nitrogen and oxygen atoms in total. The minimum absolute atomic E-state index is 0.0486. The van der Waals surface area contributed by atoms with E-state index in [4.69, 9.17) is 4.74 Å². The molecule has 0 N–H and O–H groups in total. The first-order valence-corrected chi connectivity index (χ1v) is 9.59. The van der Waals surface area contributed by atoms with Crippen molar-refractivity contribution in [1.29, 1.82) is 0 Å². The first kappa shape index (κ1) is 21.6. The Balaban J connectivity index is 1.75. The van der Waals surface area contributed by atoms with Crippen LogP contribution in [-0.4, -0.2) is 34.0 Å². The molecule has 0 radical (unpaired) electrons. The molecule has 0 amide bonds. The third kappa shape index (κ3) is 3.89. The molecule has 1 fully saturated rings. The molecule has 2 aromatic rings. The van der Waals surface area contributed by atoms with Crippen LogP contribution in [0.5, 0.6) is 0 Å². The molecule has 11 heteroatoms. The Morgan fingerprint density at radius 3 is 2.39 bits per heavy atom. The number of rotatable bonds is 3. The zero-order valence-electron chi connectivity index (χ0n) is 15.9. The van der Waals surface area contributed by atoms with Crippen LogP contribution in [0, 0.1) is 0 Å². The number of halogens is 7. The second-order valence-electron chi connectivity index (χ2n) is 7.74. The first-order valence-electron chi connectivity index (χ1n) is 9.59. The Morgan fingerprint density at radius 1 is 1.10 bits per heavy atom. The Hall–Kier alpha value is -2.59. The maximum Gasteiger partial charge on any atom is 0.435 e. The molecule has 2 aliphatic rings. The van der Waals surface area contributed by atoms with Gasteiger partial charge in [-0.2, -0.15) is 18.3 Å². The van der Waals surface area contributed by atoms with Gasteiger partial charge >= 0.3 is 12.1 Å². The Bertz CT molecular complexity index is 974. The van der Waals surface area contributed by atoms with Gasteiger partial charge in [-0.25, -0.2) is 22.4 Å². The van der Waals surface area contributed by atoms with Crippen molar-refractivity contribution in [2.45, 2.75) is 62.3 Å². The van der Waals surface area contributed by atoms with Crippen molar-refractivity contribution in [3.8, 4) is 0 Å². The lowest BCUT2D eigenvalue weighted by atomic mass is 9.92. The molecule has 31 heavy (non-hydrogen) atoms. The molecule has 1 aromatic heterocycles. The van der Waals surface area contributed by atoms with Gasteiger partial charge in [-0.15, -0.1) is 0 Å². The second-order valence-corrected chi connectivity index (χ2v) is 7.74. The predicted octanol–water partition coefficient (Wildman–Crippen LogP) is 5.39. The summed E-state index contributed by atoms with van der Waals surface area (Å²) in [5, 5.41) is 3.46. The van der Waals surface area contributed by atoms with E-state index in [1.54, 1.807) is 6.07 Å². The number of carbonyl (C=O) groups is 1. The highest BCUT2D eigenvalue weighted by molar-refractivity contribution is 5.89. The molecule has 4 rings (SSSR count). The first-order chi connectivity index (χ1) is 14.5. The Kier molecular flexibility index (Phi) is 5.25. The van der Waals surface area contributed by atoms with Crippen LogP contribution in [0.25, 0.3) is 0 Å². The summed E-state index contributed by atoms with van der Waals surface area (Å²) in [6, 6.07) is 6.01. The number of esters is 1. The molecular weight excluding hydrogens is 433 g/mol. The highest BCUT2D eigenvalue weighted by Crippen LogP contribution is 2.51. The number of hydrogen-bond acceptors (Lipinski definition) is 3. The van der Waals surface area contributed by atoms with E-state index in [-0.39, 0.29) is 18.4 Å². The third-order valence-electron chi connectivity index (χ3n) is 5.61.